The van der Waals surface area contributed by atoms with Gasteiger partial charge in [-0.2, -0.15) is 8.96 Å². The number of carbonyl (C=O) groups is 1. The molecule has 1 aliphatic rings. The molecule has 3 atom stereocenters. The van der Waals surface area contributed by atoms with Gasteiger partial charge in [-0.05, 0) is 12.1 Å². The number of aliphatic hydroxyl groups is 2. The van der Waals surface area contributed by atoms with E-state index in [1.54, 1.807) is 18.2 Å². The summed E-state index contributed by atoms with van der Waals surface area (Å²) >= 11 is 0. The maximum Gasteiger partial charge on any atom is 0.340 e. The van der Waals surface area contributed by atoms with Crippen LogP contribution in [0.2, 0.25) is 0 Å². The SMILES string of the molecule is O=C(c1ccccc1)n1c(=O)c(F)cn([C@@H]2CC(O)[C@H](CO)O2)c1=O. The Hall–Kier alpha value is -2.62. The van der Waals surface area contributed by atoms with Crippen LogP contribution < -0.4 is 11.2 Å². The first-order valence-electron chi connectivity index (χ1n) is 7.52. The monoisotopic (exact) mass is 350 g/mol. The molecule has 1 aromatic heterocycles. The Morgan fingerprint density at radius 2 is 1.96 bits per heavy atom. The van der Waals surface area contributed by atoms with Crippen molar-refractivity contribution < 1.29 is 24.1 Å². The molecule has 1 aliphatic heterocycles. The van der Waals surface area contributed by atoms with Gasteiger partial charge in [-0.3, -0.25) is 14.2 Å². The molecule has 2 heterocycles. The lowest BCUT2D eigenvalue weighted by atomic mass is 10.2. The van der Waals surface area contributed by atoms with E-state index in [0.717, 1.165) is 4.57 Å². The van der Waals surface area contributed by atoms with Gasteiger partial charge in [0.1, 0.15) is 12.3 Å². The molecule has 1 aromatic carbocycles. The number of ether oxygens (including phenoxy) is 1. The van der Waals surface area contributed by atoms with Crippen LogP contribution in [0.3, 0.4) is 0 Å². The minimum Gasteiger partial charge on any atom is -0.394 e. The van der Waals surface area contributed by atoms with E-state index >= 15 is 0 Å². The van der Waals surface area contributed by atoms with E-state index in [2.05, 4.69) is 0 Å². The van der Waals surface area contributed by atoms with Crippen molar-refractivity contribution in [1.29, 1.82) is 0 Å². The molecule has 8 nitrogen and oxygen atoms in total. The van der Waals surface area contributed by atoms with Crippen molar-refractivity contribution in [2.45, 2.75) is 24.9 Å². The number of aliphatic hydroxyl groups excluding tert-OH is 2. The van der Waals surface area contributed by atoms with Crippen molar-refractivity contribution in [2.75, 3.05) is 6.61 Å². The van der Waals surface area contributed by atoms with Gasteiger partial charge in [-0.25, -0.2) is 4.79 Å². The standard InChI is InChI=1S/C16H15FN2O6/c17-10-7-18(13-6-11(21)12(8-20)25-13)16(24)19(15(10)23)14(22)9-4-2-1-3-5-9/h1-5,7,11-13,20-21H,6,8H2/t11?,12-,13-/m0/s1. The van der Waals surface area contributed by atoms with E-state index in [-0.39, 0.29) is 16.6 Å². The quantitative estimate of drug-likeness (QED) is 0.771. The number of rotatable bonds is 3. The summed E-state index contributed by atoms with van der Waals surface area (Å²) in [6, 6.07) is 7.51. The smallest absolute Gasteiger partial charge is 0.340 e. The van der Waals surface area contributed by atoms with Crippen molar-refractivity contribution in [3.63, 3.8) is 0 Å². The topological polar surface area (TPSA) is 111 Å². The molecule has 1 saturated heterocycles. The summed E-state index contributed by atoms with van der Waals surface area (Å²) in [6.07, 6.45) is -2.57. The number of aromatic nitrogens is 2. The van der Waals surface area contributed by atoms with E-state index in [4.69, 9.17) is 9.84 Å². The van der Waals surface area contributed by atoms with E-state index in [1.165, 1.54) is 12.1 Å². The third kappa shape index (κ3) is 3.04. The van der Waals surface area contributed by atoms with Crippen LogP contribution in [-0.2, 0) is 4.74 Å². The van der Waals surface area contributed by atoms with Crippen molar-refractivity contribution in [1.82, 2.24) is 9.13 Å². The van der Waals surface area contributed by atoms with Crippen molar-refractivity contribution in [3.8, 4) is 0 Å². The Bertz CT molecular complexity index is 907. The molecule has 1 unspecified atom stereocenters. The van der Waals surface area contributed by atoms with E-state index in [9.17, 15) is 23.9 Å². The van der Waals surface area contributed by atoms with Crippen molar-refractivity contribution in [2.24, 2.45) is 0 Å². The molecule has 3 rings (SSSR count). The lowest BCUT2D eigenvalue weighted by Gasteiger charge is -2.16. The molecule has 132 valence electrons. The third-order valence-electron chi connectivity index (χ3n) is 3.99. The second-order valence-electron chi connectivity index (χ2n) is 5.59. The molecule has 0 amide bonds. The summed E-state index contributed by atoms with van der Waals surface area (Å²) in [7, 11) is 0. The first-order valence-corrected chi connectivity index (χ1v) is 7.52. The van der Waals surface area contributed by atoms with Gasteiger partial charge in [-0.1, -0.05) is 18.2 Å². The number of hydrogen-bond acceptors (Lipinski definition) is 6. The highest BCUT2D eigenvalue weighted by Gasteiger charge is 2.36. The minimum atomic E-state index is -1.37. The third-order valence-corrected chi connectivity index (χ3v) is 3.99. The number of hydrogen-bond donors (Lipinski definition) is 2. The Labute approximate surface area is 140 Å². The molecule has 0 radical (unpaired) electrons. The lowest BCUT2D eigenvalue weighted by Crippen LogP contribution is -2.46. The van der Waals surface area contributed by atoms with Crippen LogP contribution in [0.1, 0.15) is 23.0 Å². The maximum absolute atomic E-state index is 14.0. The predicted molar refractivity (Wildman–Crippen MR) is 82.7 cm³/mol. The minimum absolute atomic E-state index is 0.0412. The molecule has 2 aromatic rings. The highest BCUT2D eigenvalue weighted by molar-refractivity contribution is 5.95. The molecule has 0 bridgehead atoms. The Morgan fingerprint density at radius 3 is 2.56 bits per heavy atom. The average Bonchev–Trinajstić information content (AvgIpc) is 2.99. The fourth-order valence-corrected chi connectivity index (χ4v) is 2.69. The van der Waals surface area contributed by atoms with Gasteiger partial charge in [-0.15, -0.1) is 0 Å². The largest absolute Gasteiger partial charge is 0.394 e. The summed E-state index contributed by atoms with van der Waals surface area (Å²) < 4.78 is 20.2. The molecule has 0 aliphatic carbocycles. The second kappa shape index (κ2) is 6.71. The molecule has 2 N–H and O–H groups in total. The first kappa shape index (κ1) is 17.2. The molecular weight excluding hydrogens is 335 g/mol. The van der Waals surface area contributed by atoms with Crippen LogP contribution in [0.25, 0.3) is 0 Å². The fourth-order valence-electron chi connectivity index (χ4n) is 2.69. The number of benzene rings is 1. The van der Waals surface area contributed by atoms with Gasteiger partial charge >= 0.3 is 5.69 Å². The Kier molecular flexibility index (Phi) is 4.62. The predicted octanol–water partition coefficient (Wildman–Crippen LogP) is -0.522. The fraction of sp³-hybridized carbons (Fsp3) is 0.312. The van der Waals surface area contributed by atoms with Crippen LogP contribution in [0.4, 0.5) is 4.39 Å². The van der Waals surface area contributed by atoms with Gasteiger partial charge in [0, 0.05) is 12.0 Å². The second-order valence-corrected chi connectivity index (χ2v) is 5.59. The zero-order valence-electron chi connectivity index (χ0n) is 12.9. The summed E-state index contributed by atoms with van der Waals surface area (Å²) in [5, 5.41) is 18.9. The lowest BCUT2D eigenvalue weighted by molar-refractivity contribution is -0.0465. The molecule has 0 saturated carbocycles. The number of halogens is 1. The zero-order valence-corrected chi connectivity index (χ0v) is 12.9. The average molecular weight is 350 g/mol. The molecule has 25 heavy (non-hydrogen) atoms. The maximum atomic E-state index is 14.0. The summed E-state index contributed by atoms with van der Waals surface area (Å²) in [5.74, 6) is -2.28. The Balaban J connectivity index is 2.09. The molecule has 9 heteroatoms. The summed E-state index contributed by atoms with van der Waals surface area (Å²) in [5.41, 5.74) is -2.41. The first-order chi connectivity index (χ1) is 11.9. The molecule has 0 spiro atoms. The van der Waals surface area contributed by atoms with Gasteiger partial charge in [0.15, 0.2) is 0 Å². The van der Waals surface area contributed by atoms with Crippen molar-refractivity contribution in [3.05, 3.63) is 68.7 Å². The molecule has 1 fully saturated rings. The van der Waals surface area contributed by atoms with Crippen LogP contribution in [0.5, 0.6) is 0 Å². The highest BCUT2D eigenvalue weighted by atomic mass is 19.1. The number of carbonyl (C=O) groups excluding carboxylic acids is 1. The van der Waals surface area contributed by atoms with E-state index < -0.39 is 48.0 Å². The van der Waals surface area contributed by atoms with Gasteiger partial charge in [0.05, 0.1) is 18.9 Å². The van der Waals surface area contributed by atoms with Crippen LogP contribution in [-0.4, -0.2) is 44.1 Å². The van der Waals surface area contributed by atoms with Crippen LogP contribution >= 0.6 is 0 Å². The van der Waals surface area contributed by atoms with Gasteiger partial charge in [0.2, 0.25) is 5.82 Å². The highest BCUT2D eigenvalue weighted by Crippen LogP contribution is 2.27. The molecular formula is C16H15FN2O6. The normalized spacial score (nSPS) is 22.9. The van der Waals surface area contributed by atoms with E-state index in [1.807, 2.05) is 0 Å². The van der Waals surface area contributed by atoms with Crippen LogP contribution in [0.15, 0.2) is 46.1 Å². The number of nitrogens with zero attached hydrogens (tertiary/aromatic N) is 2. The summed E-state index contributed by atoms with van der Waals surface area (Å²) in [6.45, 7) is -0.489. The summed E-state index contributed by atoms with van der Waals surface area (Å²) in [4.78, 5) is 37.0. The van der Waals surface area contributed by atoms with Crippen molar-refractivity contribution >= 4 is 5.91 Å². The zero-order chi connectivity index (χ0) is 18.1. The van der Waals surface area contributed by atoms with E-state index in [0.29, 0.717) is 6.20 Å². The Morgan fingerprint density at radius 1 is 1.28 bits per heavy atom. The van der Waals surface area contributed by atoms with Crippen LogP contribution in [0, 0.1) is 5.82 Å². The van der Waals surface area contributed by atoms with Gasteiger partial charge in [0.25, 0.3) is 11.5 Å². The van der Waals surface area contributed by atoms with Gasteiger partial charge < -0.3 is 14.9 Å².